The SMILES string of the molecule is CC(C)c1ccccc1-c1ccc(N2CCOCC2)cc1. The molecule has 0 aromatic heterocycles. The topological polar surface area (TPSA) is 12.5 Å². The van der Waals surface area contributed by atoms with Crippen LogP contribution in [0.5, 0.6) is 0 Å². The number of hydrogen-bond donors (Lipinski definition) is 0. The lowest BCUT2D eigenvalue weighted by Crippen LogP contribution is -2.36. The van der Waals surface area contributed by atoms with Crippen molar-refractivity contribution in [2.45, 2.75) is 19.8 Å². The van der Waals surface area contributed by atoms with E-state index in [4.69, 9.17) is 4.74 Å². The van der Waals surface area contributed by atoms with Crippen molar-refractivity contribution >= 4 is 5.69 Å². The number of ether oxygens (including phenoxy) is 1. The van der Waals surface area contributed by atoms with E-state index in [1.807, 2.05) is 0 Å². The normalized spacial score (nSPS) is 15.5. The number of morpholine rings is 1. The highest BCUT2D eigenvalue weighted by molar-refractivity contribution is 5.70. The highest BCUT2D eigenvalue weighted by Crippen LogP contribution is 2.30. The molecule has 2 aromatic rings. The van der Waals surface area contributed by atoms with Gasteiger partial charge in [0.05, 0.1) is 13.2 Å². The third-order valence-corrected chi connectivity index (χ3v) is 4.14. The first-order chi connectivity index (χ1) is 10.3. The van der Waals surface area contributed by atoms with Crippen molar-refractivity contribution < 1.29 is 4.74 Å². The molecule has 110 valence electrons. The van der Waals surface area contributed by atoms with Crippen LogP contribution in [0.1, 0.15) is 25.3 Å². The van der Waals surface area contributed by atoms with E-state index in [9.17, 15) is 0 Å². The zero-order chi connectivity index (χ0) is 14.7. The maximum atomic E-state index is 5.41. The summed E-state index contributed by atoms with van der Waals surface area (Å²) in [4.78, 5) is 2.39. The van der Waals surface area contributed by atoms with E-state index in [0.29, 0.717) is 5.92 Å². The van der Waals surface area contributed by atoms with Gasteiger partial charge in [-0.15, -0.1) is 0 Å². The Labute approximate surface area is 127 Å². The minimum absolute atomic E-state index is 0.542. The summed E-state index contributed by atoms with van der Waals surface area (Å²) in [5.74, 6) is 0.542. The maximum Gasteiger partial charge on any atom is 0.0642 e. The Morgan fingerprint density at radius 3 is 2.24 bits per heavy atom. The standard InChI is InChI=1S/C19H23NO/c1-15(2)18-5-3-4-6-19(18)16-7-9-17(10-8-16)20-11-13-21-14-12-20/h3-10,15H,11-14H2,1-2H3. The molecule has 0 unspecified atom stereocenters. The predicted octanol–water partition coefficient (Wildman–Crippen LogP) is 4.31. The molecule has 1 saturated heterocycles. The van der Waals surface area contributed by atoms with Crippen LogP contribution in [0.4, 0.5) is 5.69 Å². The molecule has 0 radical (unpaired) electrons. The molecule has 0 spiro atoms. The summed E-state index contributed by atoms with van der Waals surface area (Å²) < 4.78 is 5.41. The predicted molar refractivity (Wildman–Crippen MR) is 89.0 cm³/mol. The number of hydrogen-bond acceptors (Lipinski definition) is 2. The van der Waals surface area contributed by atoms with Gasteiger partial charge in [0.25, 0.3) is 0 Å². The molecule has 1 fully saturated rings. The first kappa shape index (κ1) is 14.2. The zero-order valence-electron chi connectivity index (χ0n) is 12.9. The van der Waals surface area contributed by atoms with Crippen LogP contribution in [0.25, 0.3) is 11.1 Å². The summed E-state index contributed by atoms with van der Waals surface area (Å²) >= 11 is 0. The number of nitrogens with zero attached hydrogens (tertiary/aromatic N) is 1. The van der Waals surface area contributed by atoms with E-state index in [1.54, 1.807) is 0 Å². The van der Waals surface area contributed by atoms with Gasteiger partial charge in [-0.1, -0.05) is 50.2 Å². The van der Waals surface area contributed by atoms with Crippen LogP contribution in [0, 0.1) is 0 Å². The molecule has 0 N–H and O–H groups in total. The first-order valence-corrected chi connectivity index (χ1v) is 7.78. The third-order valence-electron chi connectivity index (χ3n) is 4.14. The zero-order valence-corrected chi connectivity index (χ0v) is 12.9. The van der Waals surface area contributed by atoms with E-state index < -0.39 is 0 Å². The van der Waals surface area contributed by atoms with Gasteiger partial charge >= 0.3 is 0 Å². The molecule has 2 nitrogen and oxygen atoms in total. The van der Waals surface area contributed by atoms with Crippen molar-refractivity contribution in [3.63, 3.8) is 0 Å². The van der Waals surface area contributed by atoms with Gasteiger partial charge in [0.1, 0.15) is 0 Å². The molecular formula is C19H23NO. The van der Waals surface area contributed by atoms with Crippen molar-refractivity contribution in [2.75, 3.05) is 31.2 Å². The molecule has 0 amide bonds. The fourth-order valence-electron chi connectivity index (χ4n) is 2.94. The van der Waals surface area contributed by atoms with Crippen LogP contribution in [0.15, 0.2) is 48.5 Å². The largest absolute Gasteiger partial charge is 0.378 e. The van der Waals surface area contributed by atoms with Gasteiger partial charge in [0.15, 0.2) is 0 Å². The van der Waals surface area contributed by atoms with Crippen molar-refractivity contribution in [3.8, 4) is 11.1 Å². The Bertz CT molecular complexity index is 583. The van der Waals surface area contributed by atoms with Gasteiger partial charge in [-0.2, -0.15) is 0 Å². The summed E-state index contributed by atoms with van der Waals surface area (Å²) in [6.45, 7) is 8.14. The maximum absolute atomic E-state index is 5.41. The number of rotatable bonds is 3. The molecule has 1 aliphatic heterocycles. The second-order valence-electron chi connectivity index (χ2n) is 5.89. The van der Waals surface area contributed by atoms with E-state index in [0.717, 1.165) is 26.3 Å². The molecule has 0 bridgehead atoms. The number of anilines is 1. The van der Waals surface area contributed by atoms with Crippen molar-refractivity contribution in [1.82, 2.24) is 0 Å². The fourth-order valence-corrected chi connectivity index (χ4v) is 2.94. The quantitative estimate of drug-likeness (QED) is 0.831. The molecule has 0 saturated carbocycles. The monoisotopic (exact) mass is 281 g/mol. The molecule has 3 rings (SSSR count). The molecule has 2 heteroatoms. The van der Waals surface area contributed by atoms with Crippen molar-refractivity contribution in [3.05, 3.63) is 54.1 Å². The molecule has 1 aliphatic rings. The van der Waals surface area contributed by atoms with Gasteiger partial charge in [0.2, 0.25) is 0 Å². The van der Waals surface area contributed by atoms with E-state index in [1.165, 1.54) is 22.4 Å². The van der Waals surface area contributed by atoms with Gasteiger partial charge < -0.3 is 9.64 Å². The summed E-state index contributed by atoms with van der Waals surface area (Å²) in [5.41, 5.74) is 5.36. The lowest BCUT2D eigenvalue weighted by molar-refractivity contribution is 0.122. The van der Waals surface area contributed by atoms with E-state index >= 15 is 0 Å². The Balaban J connectivity index is 1.87. The van der Waals surface area contributed by atoms with E-state index in [2.05, 4.69) is 67.3 Å². The van der Waals surface area contributed by atoms with E-state index in [-0.39, 0.29) is 0 Å². The summed E-state index contributed by atoms with van der Waals surface area (Å²) in [7, 11) is 0. The minimum atomic E-state index is 0.542. The second-order valence-corrected chi connectivity index (χ2v) is 5.89. The Kier molecular flexibility index (Phi) is 4.26. The Morgan fingerprint density at radius 2 is 1.57 bits per heavy atom. The second kappa shape index (κ2) is 6.31. The van der Waals surface area contributed by atoms with Crippen LogP contribution in [0.2, 0.25) is 0 Å². The average Bonchev–Trinajstić information content (AvgIpc) is 2.56. The van der Waals surface area contributed by atoms with Crippen molar-refractivity contribution in [1.29, 1.82) is 0 Å². The van der Waals surface area contributed by atoms with Crippen molar-refractivity contribution in [2.24, 2.45) is 0 Å². The molecular weight excluding hydrogens is 258 g/mol. The molecule has 1 heterocycles. The van der Waals surface area contributed by atoms with Gasteiger partial charge in [-0.05, 0) is 34.7 Å². The lowest BCUT2D eigenvalue weighted by atomic mass is 9.92. The third kappa shape index (κ3) is 3.11. The average molecular weight is 281 g/mol. The highest BCUT2D eigenvalue weighted by Gasteiger charge is 2.12. The van der Waals surface area contributed by atoms with Crippen LogP contribution < -0.4 is 4.90 Å². The van der Waals surface area contributed by atoms with Gasteiger partial charge in [0, 0.05) is 18.8 Å². The fraction of sp³-hybridized carbons (Fsp3) is 0.368. The van der Waals surface area contributed by atoms with Crippen LogP contribution >= 0.6 is 0 Å². The molecule has 21 heavy (non-hydrogen) atoms. The van der Waals surface area contributed by atoms with Crippen LogP contribution in [-0.2, 0) is 4.74 Å². The van der Waals surface area contributed by atoms with Crippen LogP contribution in [-0.4, -0.2) is 26.3 Å². The first-order valence-electron chi connectivity index (χ1n) is 7.78. The molecule has 2 aromatic carbocycles. The summed E-state index contributed by atoms with van der Waals surface area (Å²) in [5, 5.41) is 0. The van der Waals surface area contributed by atoms with Crippen LogP contribution in [0.3, 0.4) is 0 Å². The van der Waals surface area contributed by atoms with Gasteiger partial charge in [-0.25, -0.2) is 0 Å². The summed E-state index contributed by atoms with van der Waals surface area (Å²) in [6, 6.07) is 17.7. The Hall–Kier alpha value is -1.80. The Morgan fingerprint density at radius 1 is 0.905 bits per heavy atom. The molecule has 0 atom stereocenters. The minimum Gasteiger partial charge on any atom is -0.378 e. The lowest BCUT2D eigenvalue weighted by Gasteiger charge is -2.29. The summed E-state index contributed by atoms with van der Waals surface area (Å²) in [6.07, 6.45) is 0. The number of benzene rings is 2. The van der Waals surface area contributed by atoms with Gasteiger partial charge in [-0.3, -0.25) is 0 Å². The smallest absolute Gasteiger partial charge is 0.0642 e. The highest BCUT2D eigenvalue weighted by atomic mass is 16.5. The molecule has 0 aliphatic carbocycles.